The standard InChI is InChI=1S/C22H17N3O3/c26-22-19(17-5-2-1-3-6-17)11-12-21(25(27)28)20(22)15-16-7-9-18(10-8-16)24-14-4-13-23-24/h1-14,26H,15H2. The first-order valence-corrected chi connectivity index (χ1v) is 8.77. The molecule has 0 saturated carbocycles. The number of nitrogens with zero attached hydrogens (tertiary/aromatic N) is 3. The van der Waals surface area contributed by atoms with Crippen LogP contribution in [0.25, 0.3) is 16.8 Å². The van der Waals surface area contributed by atoms with E-state index >= 15 is 0 Å². The van der Waals surface area contributed by atoms with Crippen LogP contribution in [-0.2, 0) is 6.42 Å². The number of rotatable bonds is 5. The minimum absolute atomic E-state index is 0.0587. The molecule has 0 fully saturated rings. The van der Waals surface area contributed by atoms with Crippen LogP contribution in [-0.4, -0.2) is 19.8 Å². The first-order valence-electron chi connectivity index (χ1n) is 8.77. The lowest BCUT2D eigenvalue weighted by molar-refractivity contribution is -0.385. The summed E-state index contributed by atoms with van der Waals surface area (Å²) in [6, 6.07) is 21.8. The average molecular weight is 371 g/mol. The maximum absolute atomic E-state index is 11.5. The van der Waals surface area contributed by atoms with Crippen LogP contribution < -0.4 is 0 Å². The Hall–Kier alpha value is -3.93. The quantitative estimate of drug-likeness (QED) is 0.406. The predicted molar refractivity (Wildman–Crippen MR) is 107 cm³/mol. The predicted octanol–water partition coefficient (Wildman–Crippen LogP) is 4.74. The maximum Gasteiger partial charge on any atom is 0.276 e. The second-order valence-corrected chi connectivity index (χ2v) is 6.38. The van der Waals surface area contributed by atoms with E-state index in [1.54, 1.807) is 16.9 Å². The van der Waals surface area contributed by atoms with Crippen molar-refractivity contribution in [2.24, 2.45) is 0 Å². The van der Waals surface area contributed by atoms with Crippen molar-refractivity contribution in [2.75, 3.05) is 0 Å². The third-order valence-electron chi connectivity index (χ3n) is 4.63. The lowest BCUT2D eigenvalue weighted by Gasteiger charge is -2.11. The van der Waals surface area contributed by atoms with Gasteiger partial charge in [0.1, 0.15) is 5.75 Å². The van der Waals surface area contributed by atoms with Gasteiger partial charge in [0.15, 0.2) is 0 Å². The van der Waals surface area contributed by atoms with Crippen molar-refractivity contribution in [3.8, 4) is 22.6 Å². The number of hydrogen-bond acceptors (Lipinski definition) is 4. The van der Waals surface area contributed by atoms with Crippen LogP contribution in [0.5, 0.6) is 5.75 Å². The molecule has 0 saturated heterocycles. The van der Waals surface area contributed by atoms with Crippen LogP contribution in [0.1, 0.15) is 11.1 Å². The Morgan fingerprint density at radius 1 is 0.964 bits per heavy atom. The molecule has 1 aromatic heterocycles. The molecule has 0 aliphatic heterocycles. The summed E-state index contributed by atoms with van der Waals surface area (Å²) in [6.07, 6.45) is 3.79. The van der Waals surface area contributed by atoms with Crippen molar-refractivity contribution < 1.29 is 10.0 Å². The molecule has 28 heavy (non-hydrogen) atoms. The molecule has 0 spiro atoms. The monoisotopic (exact) mass is 371 g/mol. The molecule has 6 nitrogen and oxygen atoms in total. The van der Waals surface area contributed by atoms with Gasteiger partial charge in [0.2, 0.25) is 0 Å². The molecule has 138 valence electrons. The smallest absolute Gasteiger partial charge is 0.276 e. The molecule has 0 unspecified atom stereocenters. The molecular formula is C22H17N3O3. The van der Waals surface area contributed by atoms with Crippen molar-refractivity contribution in [3.05, 3.63) is 106 Å². The number of hydrogen-bond donors (Lipinski definition) is 1. The zero-order valence-electron chi connectivity index (χ0n) is 14.9. The van der Waals surface area contributed by atoms with E-state index in [2.05, 4.69) is 5.10 Å². The highest BCUT2D eigenvalue weighted by Crippen LogP contribution is 2.38. The molecule has 0 amide bonds. The van der Waals surface area contributed by atoms with Gasteiger partial charge in [0, 0.05) is 30.4 Å². The fourth-order valence-electron chi connectivity index (χ4n) is 3.21. The summed E-state index contributed by atoms with van der Waals surface area (Å²) in [5.41, 5.74) is 3.36. The maximum atomic E-state index is 11.5. The zero-order valence-corrected chi connectivity index (χ0v) is 14.9. The van der Waals surface area contributed by atoms with Gasteiger partial charge in [-0.2, -0.15) is 5.10 Å². The highest BCUT2D eigenvalue weighted by molar-refractivity contribution is 5.75. The highest BCUT2D eigenvalue weighted by Gasteiger charge is 2.21. The summed E-state index contributed by atoms with van der Waals surface area (Å²) in [6.45, 7) is 0. The Kier molecular flexibility index (Phi) is 4.60. The molecule has 6 heteroatoms. The van der Waals surface area contributed by atoms with Crippen LogP contribution in [0.15, 0.2) is 85.2 Å². The largest absolute Gasteiger partial charge is 0.507 e. The topological polar surface area (TPSA) is 81.2 Å². The summed E-state index contributed by atoms with van der Waals surface area (Å²) in [7, 11) is 0. The van der Waals surface area contributed by atoms with Gasteiger partial charge < -0.3 is 5.11 Å². The molecule has 1 N–H and O–H groups in total. The third-order valence-corrected chi connectivity index (χ3v) is 4.63. The first kappa shape index (κ1) is 17.5. The van der Waals surface area contributed by atoms with E-state index in [-0.39, 0.29) is 17.9 Å². The van der Waals surface area contributed by atoms with Gasteiger partial charge in [-0.15, -0.1) is 0 Å². The molecule has 4 aromatic rings. The third kappa shape index (κ3) is 3.35. The lowest BCUT2D eigenvalue weighted by Crippen LogP contribution is -1.99. The van der Waals surface area contributed by atoms with E-state index < -0.39 is 4.92 Å². The van der Waals surface area contributed by atoms with Crippen LogP contribution in [0.3, 0.4) is 0 Å². The molecule has 3 aromatic carbocycles. The normalized spacial score (nSPS) is 10.7. The second kappa shape index (κ2) is 7.36. The fraction of sp³-hybridized carbons (Fsp3) is 0.0455. The molecule has 0 aliphatic carbocycles. The van der Waals surface area contributed by atoms with E-state index in [1.807, 2.05) is 66.9 Å². The number of phenolic OH excluding ortho intramolecular Hbond substituents is 1. The van der Waals surface area contributed by atoms with Gasteiger partial charge >= 0.3 is 0 Å². The van der Waals surface area contributed by atoms with E-state index in [4.69, 9.17) is 0 Å². The van der Waals surface area contributed by atoms with Gasteiger partial charge in [-0.3, -0.25) is 10.1 Å². The van der Waals surface area contributed by atoms with Crippen molar-refractivity contribution in [2.45, 2.75) is 6.42 Å². The van der Waals surface area contributed by atoms with Crippen LogP contribution in [0.2, 0.25) is 0 Å². The Morgan fingerprint density at radius 3 is 2.36 bits per heavy atom. The molecule has 1 heterocycles. The molecule has 4 rings (SSSR count). The molecular weight excluding hydrogens is 354 g/mol. The first-order chi connectivity index (χ1) is 13.6. The van der Waals surface area contributed by atoms with E-state index in [1.165, 1.54) is 6.07 Å². The number of aromatic hydroxyl groups is 1. The Labute approximate surface area is 161 Å². The second-order valence-electron chi connectivity index (χ2n) is 6.38. The van der Waals surface area contributed by atoms with Crippen molar-refractivity contribution in [1.82, 2.24) is 9.78 Å². The lowest BCUT2D eigenvalue weighted by atomic mass is 9.96. The van der Waals surface area contributed by atoms with Crippen LogP contribution >= 0.6 is 0 Å². The summed E-state index contributed by atoms with van der Waals surface area (Å²) in [5, 5.41) is 26.5. The zero-order chi connectivity index (χ0) is 19.5. The number of phenols is 1. The number of benzene rings is 3. The van der Waals surface area contributed by atoms with Gasteiger partial charge in [0.05, 0.1) is 16.2 Å². The minimum Gasteiger partial charge on any atom is -0.507 e. The SMILES string of the molecule is O=[N+]([O-])c1ccc(-c2ccccc2)c(O)c1Cc1ccc(-n2cccn2)cc1. The highest BCUT2D eigenvalue weighted by atomic mass is 16.6. The number of aromatic nitrogens is 2. The fourth-order valence-corrected chi connectivity index (χ4v) is 3.21. The summed E-state index contributed by atoms with van der Waals surface area (Å²) >= 11 is 0. The Balaban J connectivity index is 1.72. The van der Waals surface area contributed by atoms with Gasteiger partial charge in [0.25, 0.3) is 5.69 Å². The Morgan fingerprint density at radius 2 is 1.71 bits per heavy atom. The summed E-state index contributed by atoms with van der Waals surface area (Å²) < 4.78 is 1.74. The van der Waals surface area contributed by atoms with Crippen LogP contribution in [0, 0.1) is 10.1 Å². The average Bonchev–Trinajstić information content (AvgIpc) is 3.25. The summed E-state index contributed by atoms with van der Waals surface area (Å²) in [4.78, 5) is 11.0. The van der Waals surface area contributed by atoms with Crippen molar-refractivity contribution in [1.29, 1.82) is 0 Å². The Bertz CT molecular complexity index is 1110. The van der Waals surface area contributed by atoms with Crippen molar-refractivity contribution in [3.63, 3.8) is 0 Å². The van der Waals surface area contributed by atoms with Gasteiger partial charge in [-0.05, 0) is 35.4 Å². The molecule has 0 aliphatic rings. The van der Waals surface area contributed by atoms with Gasteiger partial charge in [-0.25, -0.2) is 4.68 Å². The van der Waals surface area contributed by atoms with Gasteiger partial charge in [-0.1, -0.05) is 42.5 Å². The molecule has 0 bridgehead atoms. The van der Waals surface area contributed by atoms with E-state index in [9.17, 15) is 15.2 Å². The molecule has 0 radical (unpaired) electrons. The summed E-state index contributed by atoms with van der Waals surface area (Å²) in [5.74, 6) is -0.0587. The molecule has 0 atom stereocenters. The number of nitro groups is 1. The van der Waals surface area contributed by atoms with Crippen molar-refractivity contribution >= 4 is 5.69 Å². The van der Waals surface area contributed by atoms with E-state index in [0.29, 0.717) is 11.1 Å². The minimum atomic E-state index is -0.456. The van der Waals surface area contributed by atoms with E-state index in [0.717, 1.165) is 16.8 Å². The number of nitro benzene ring substituents is 1. The van der Waals surface area contributed by atoms with Crippen LogP contribution in [0.4, 0.5) is 5.69 Å².